The zero-order chi connectivity index (χ0) is 25.0. The Kier molecular flexibility index (Phi) is 5.98. The van der Waals surface area contributed by atoms with Gasteiger partial charge in [0.05, 0.1) is 32.3 Å². The molecule has 8 heteroatoms. The van der Waals surface area contributed by atoms with Crippen LogP contribution in [0.25, 0.3) is 11.8 Å². The van der Waals surface area contributed by atoms with Crippen molar-refractivity contribution in [3.05, 3.63) is 117 Å². The zero-order valence-corrected chi connectivity index (χ0v) is 23.2. The molecule has 1 aliphatic carbocycles. The molecular weight excluding hydrogens is 604 g/mol. The minimum atomic E-state index is -0.264. The van der Waals surface area contributed by atoms with Crippen LogP contribution in [0.2, 0.25) is 0 Å². The van der Waals surface area contributed by atoms with Crippen LogP contribution in [0.5, 0.6) is 11.5 Å². The van der Waals surface area contributed by atoms with E-state index in [-0.39, 0.29) is 17.4 Å². The predicted octanol–water partition coefficient (Wildman–Crippen LogP) is 5.56. The van der Waals surface area contributed by atoms with Crippen molar-refractivity contribution in [1.82, 2.24) is 4.57 Å². The van der Waals surface area contributed by atoms with Gasteiger partial charge in [0.1, 0.15) is 11.5 Å². The van der Waals surface area contributed by atoms with Crippen LogP contribution in [-0.2, 0) is 6.42 Å². The van der Waals surface area contributed by atoms with E-state index in [1.807, 2.05) is 34.9 Å². The lowest BCUT2D eigenvalue weighted by Crippen LogP contribution is -2.38. The van der Waals surface area contributed by atoms with Gasteiger partial charge in [-0.3, -0.25) is 9.36 Å². The summed E-state index contributed by atoms with van der Waals surface area (Å²) in [4.78, 5) is 19.6. The Balaban J connectivity index is 1.62. The normalized spacial score (nSPS) is 16.8. The monoisotopic (exact) mass is 622 g/mol. The number of hydrogen-bond donors (Lipinski definition) is 1. The number of hydrogen-bond acceptors (Lipinski definition) is 5. The molecule has 36 heavy (non-hydrogen) atoms. The van der Waals surface area contributed by atoms with Crippen LogP contribution >= 0.6 is 43.2 Å². The van der Waals surface area contributed by atoms with E-state index in [1.54, 1.807) is 19.2 Å². The lowest BCUT2D eigenvalue weighted by atomic mass is 9.83. The molecule has 1 aliphatic heterocycles. The number of phenolic OH excluding ortho intramolecular Hbond substituents is 1. The summed E-state index contributed by atoms with van der Waals surface area (Å²) in [5.41, 5.74) is 6.24. The molecule has 2 aliphatic rings. The minimum absolute atomic E-state index is 0.0858. The van der Waals surface area contributed by atoms with Gasteiger partial charge in [-0.1, -0.05) is 47.7 Å². The maximum absolute atomic E-state index is 13.9. The van der Waals surface area contributed by atoms with Gasteiger partial charge in [0.25, 0.3) is 5.56 Å². The van der Waals surface area contributed by atoms with Crippen LogP contribution < -0.4 is 19.6 Å². The van der Waals surface area contributed by atoms with Gasteiger partial charge >= 0.3 is 0 Å². The van der Waals surface area contributed by atoms with Crippen molar-refractivity contribution < 1.29 is 9.84 Å². The predicted molar refractivity (Wildman–Crippen MR) is 149 cm³/mol. The first-order chi connectivity index (χ1) is 17.4. The van der Waals surface area contributed by atoms with Crippen LogP contribution in [-0.4, -0.2) is 16.8 Å². The van der Waals surface area contributed by atoms with Gasteiger partial charge in [-0.15, -0.1) is 0 Å². The molecule has 0 bridgehead atoms. The third-order valence-electron chi connectivity index (χ3n) is 6.62. The number of halogens is 2. The Hall–Kier alpha value is -2.94. The highest BCUT2D eigenvalue weighted by Gasteiger charge is 2.32. The fraction of sp³-hybridized carbons (Fsp3) is 0.143. The molecule has 6 rings (SSSR count). The number of phenols is 1. The molecule has 0 amide bonds. The number of ether oxygens (including phenoxy) is 1. The van der Waals surface area contributed by atoms with E-state index in [0.29, 0.717) is 18.3 Å². The van der Waals surface area contributed by atoms with Gasteiger partial charge in [-0.25, -0.2) is 4.99 Å². The quantitative estimate of drug-likeness (QED) is 0.325. The molecule has 5 nitrogen and oxygen atoms in total. The Morgan fingerprint density at radius 2 is 1.86 bits per heavy atom. The van der Waals surface area contributed by atoms with Crippen molar-refractivity contribution >= 4 is 55.0 Å². The highest BCUT2D eigenvalue weighted by atomic mass is 79.9. The average Bonchev–Trinajstić information content (AvgIpc) is 3.20. The number of thiazole rings is 1. The summed E-state index contributed by atoms with van der Waals surface area (Å²) in [6, 6.07) is 19.6. The van der Waals surface area contributed by atoms with E-state index in [1.165, 1.54) is 16.9 Å². The molecule has 1 N–H and O–H groups in total. The molecule has 2 heterocycles. The van der Waals surface area contributed by atoms with Gasteiger partial charge in [-0.2, -0.15) is 0 Å². The molecule has 1 atom stereocenters. The van der Waals surface area contributed by atoms with Crippen LogP contribution in [0.15, 0.2) is 85.0 Å². The van der Waals surface area contributed by atoms with Gasteiger partial charge in [0.2, 0.25) is 0 Å². The number of nitrogens with zero attached hydrogens (tertiary/aromatic N) is 2. The van der Waals surface area contributed by atoms with Crippen molar-refractivity contribution in [3.8, 4) is 11.5 Å². The van der Waals surface area contributed by atoms with Crippen LogP contribution in [0.4, 0.5) is 0 Å². The van der Waals surface area contributed by atoms with E-state index in [2.05, 4.69) is 56.1 Å². The molecule has 0 radical (unpaired) electrons. The highest BCUT2D eigenvalue weighted by Crippen LogP contribution is 2.41. The summed E-state index contributed by atoms with van der Waals surface area (Å²) >= 11 is 8.14. The lowest BCUT2D eigenvalue weighted by Gasteiger charge is -2.31. The third-order valence-corrected chi connectivity index (χ3v) is 8.81. The highest BCUT2D eigenvalue weighted by molar-refractivity contribution is 9.11. The Morgan fingerprint density at radius 1 is 1.08 bits per heavy atom. The van der Waals surface area contributed by atoms with Crippen LogP contribution in [0, 0.1) is 0 Å². The van der Waals surface area contributed by atoms with Crippen LogP contribution in [0.3, 0.4) is 0 Å². The van der Waals surface area contributed by atoms with Gasteiger partial charge in [0, 0.05) is 5.56 Å². The molecule has 1 aromatic heterocycles. The average molecular weight is 624 g/mol. The summed E-state index contributed by atoms with van der Waals surface area (Å²) in [6.45, 7) is 0. The van der Waals surface area contributed by atoms with E-state index >= 15 is 0 Å². The molecule has 0 saturated heterocycles. The molecule has 4 aromatic rings. The minimum Gasteiger partial charge on any atom is -0.506 e. The van der Waals surface area contributed by atoms with Gasteiger partial charge < -0.3 is 9.84 Å². The second kappa shape index (κ2) is 9.18. The zero-order valence-electron chi connectivity index (χ0n) is 19.2. The van der Waals surface area contributed by atoms with Crippen LogP contribution in [0.1, 0.15) is 34.7 Å². The van der Waals surface area contributed by atoms with Crippen molar-refractivity contribution in [2.75, 3.05) is 7.11 Å². The van der Waals surface area contributed by atoms with E-state index < -0.39 is 0 Å². The van der Waals surface area contributed by atoms with E-state index in [9.17, 15) is 9.90 Å². The van der Waals surface area contributed by atoms with Crippen molar-refractivity contribution in [2.24, 2.45) is 4.99 Å². The molecule has 3 aromatic carbocycles. The fourth-order valence-electron chi connectivity index (χ4n) is 4.95. The topological polar surface area (TPSA) is 63.8 Å². The number of benzene rings is 3. The first kappa shape index (κ1) is 23.5. The molecule has 0 saturated carbocycles. The first-order valence-corrected chi connectivity index (χ1v) is 13.8. The Bertz CT molecular complexity index is 1730. The molecular formula is C28H20Br2N2O3S. The lowest BCUT2D eigenvalue weighted by molar-refractivity contribution is 0.413. The molecule has 1 unspecified atom stereocenters. The van der Waals surface area contributed by atoms with E-state index in [0.717, 1.165) is 46.6 Å². The fourth-order valence-corrected chi connectivity index (χ4v) is 7.18. The largest absolute Gasteiger partial charge is 0.506 e. The Labute approximate surface area is 228 Å². The summed E-state index contributed by atoms with van der Waals surface area (Å²) in [5, 5.41) is 10.1. The number of aryl methyl sites for hydroxylation is 1. The van der Waals surface area contributed by atoms with Crippen molar-refractivity contribution in [3.63, 3.8) is 0 Å². The number of aromatic nitrogens is 1. The molecule has 180 valence electrons. The summed E-state index contributed by atoms with van der Waals surface area (Å²) < 4.78 is 9.02. The number of fused-ring (bicyclic) bond motifs is 3. The third kappa shape index (κ3) is 3.88. The van der Waals surface area contributed by atoms with Gasteiger partial charge in [-0.05, 0) is 97.3 Å². The maximum atomic E-state index is 13.9. The molecule has 0 fully saturated rings. The summed E-state index contributed by atoms with van der Waals surface area (Å²) in [5.74, 6) is 0.877. The first-order valence-electron chi connectivity index (χ1n) is 11.4. The van der Waals surface area contributed by atoms with Crippen molar-refractivity contribution in [1.29, 1.82) is 0 Å². The number of methoxy groups -OCH3 is 1. The number of allylic oxidation sites excluding steroid dienone is 1. The number of aromatic hydroxyl groups is 1. The summed E-state index contributed by atoms with van der Waals surface area (Å²) in [7, 11) is 1.65. The van der Waals surface area contributed by atoms with Gasteiger partial charge in [0.15, 0.2) is 4.80 Å². The van der Waals surface area contributed by atoms with E-state index in [4.69, 9.17) is 9.73 Å². The SMILES string of the molecule is COc1cccc(C2C3=C(N=c4sc(=Cc5cc(Br)c(O)c(Br)c5)c(=O)n42)c2ccccc2CC3)c1. The maximum Gasteiger partial charge on any atom is 0.271 e. The second-order valence-corrected chi connectivity index (χ2v) is 11.4. The number of rotatable bonds is 3. The Morgan fingerprint density at radius 3 is 2.64 bits per heavy atom. The summed E-state index contributed by atoms with van der Waals surface area (Å²) in [6.07, 6.45) is 3.59. The second-order valence-electron chi connectivity index (χ2n) is 8.72. The smallest absolute Gasteiger partial charge is 0.271 e. The standard InChI is InChI=1S/C28H20Br2N2O3S/c1-35-18-7-4-6-17(14-18)25-20-10-9-16-5-2-3-8-19(16)24(20)31-28-32(25)27(34)23(36-28)13-15-11-21(29)26(33)22(30)12-15/h2-8,11-14,25,33H,9-10H2,1H3. The van der Waals surface area contributed by atoms with Crippen molar-refractivity contribution in [2.45, 2.75) is 18.9 Å². The molecule has 0 spiro atoms.